The Hall–Kier alpha value is -2.55. The van der Waals surface area contributed by atoms with Gasteiger partial charge in [0.2, 0.25) is 5.91 Å². The third-order valence-corrected chi connectivity index (χ3v) is 2.94. The highest BCUT2D eigenvalue weighted by atomic mass is 16.6. The number of rotatable bonds is 2. The van der Waals surface area contributed by atoms with E-state index in [4.69, 9.17) is 10.00 Å². The summed E-state index contributed by atoms with van der Waals surface area (Å²) in [6, 6.07) is 10.7. The number of nitrogens with zero attached hydrogens (tertiary/aromatic N) is 2. The smallest absolute Gasteiger partial charge is 0.410 e. The van der Waals surface area contributed by atoms with E-state index in [0.717, 1.165) is 5.56 Å². The van der Waals surface area contributed by atoms with Crippen molar-refractivity contribution in [3.63, 3.8) is 0 Å². The van der Waals surface area contributed by atoms with Gasteiger partial charge in [-0.1, -0.05) is 30.3 Å². The van der Waals surface area contributed by atoms with Crippen molar-refractivity contribution in [3.8, 4) is 6.07 Å². The Kier molecular flexibility index (Phi) is 6.75. The monoisotopic (exact) mass is 289 g/mol. The molecule has 6 nitrogen and oxygen atoms in total. The van der Waals surface area contributed by atoms with Crippen LogP contribution in [0.1, 0.15) is 19.4 Å². The topological polar surface area (TPSA) is 82.4 Å². The molecule has 0 saturated carbocycles. The molecule has 0 aliphatic carbocycles. The van der Waals surface area contributed by atoms with Gasteiger partial charge in [0.1, 0.15) is 12.6 Å². The van der Waals surface area contributed by atoms with Crippen LogP contribution in [0.15, 0.2) is 30.3 Å². The van der Waals surface area contributed by atoms with Gasteiger partial charge in [0, 0.05) is 20.0 Å². The summed E-state index contributed by atoms with van der Waals surface area (Å²) in [5, 5.41) is 10.0. The summed E-state index contributed by atoms with van der Waals surface area (Å²) in [6.45, 7) is 4.31. The van der Waals surface area contributed by atoms with E-state index >= 15 is 0 Å². The molecule has 0 spiro atoms. The number of hydrogen-bond acceptors (Lipinski definition) is 4. The van der Waals surface area contributed by atoms with Gasteiger partial charge in [-0.15, -0.1) is 0 Å². The number of nitrogens with one attached hydrogen (secondary N) is 1. The molecule has 1 aliphatic rings. The largest absolute Gasteiger partial charge is 0.445 e. The fourth-order valence-electron chi connectivity index (χ4n) is 1.83. The van der Waals surface area contributed by atoms with Gasteiger partial charge in [0.05, 0.1) is 6.07 Å². The second-order valence-corrected chi connectivity index (χ2v) is 4.42. The third kappa shape index (κ3) is 5.15. The molecule has 0 aromatic heterocycles. The molecule has 0 bridgehead atoms. The molecule has 1 aromatic rings. The van der Waals surface area contributed by atoms with Crippen LogP contribution in [0.5, 0.6) is 0 Å². The van der Waals surface area contributed by atoms with Crippen molar-refractivity contribution >= 4 is 12.0 Å². The second kappa shape index (κ2) is 8.59. The van der Waals surface area contributed by atoms with Gasteiger partial charge in [-0.25, -0.2) is 4.79 Å². The fourth-order valence-corrected chi connectivity index (χ4v) is 1.83. The Morgan fingerprint density at radius 2 is 2.10 bits per heavy atom. The maximum atomic E-state index is 11.9. The second-order valence-electron chi connectivity index (χ2n) is 4.42. The molecule has 1 aliphatic heterocycles. The first kappa shape index (κ1) is 16.5. The van der Waals surface area contributed by atoms with E-state index in [0.29, 0.717) is 13.1 Å². The van der Waals surface area contributed by atoms with Crippen molar-refractivity contribution in [1.82, 2.24) is 10.2 Å². The average Bonchev–Trinajstić information content (AvgIpc) is 2.49. The Morgan fingerprint density at radius 3 is 2.71 bits per heavy atom. The molecule has 1 aromatic carbocycles. The fraction of sp³-hybridized carbons (Fsp3) is 0.400. The lowest BCUT2D eigenvalue weighted by atomic mass is 10.2. The van der Waals surface area contributed by atoms with Crippen LogP contribution < -0.4 is 5.32 Å². The minimum Gasteiger partial charge on any atom is -0.445 e. The molecule has 6 heteroatoms. The van der Waals surface area contributed by atoms with Gasteiger partial charge in [-0.05, 0) is 12.5 Å². The van der Waals surface area contributed by atoms with Crippen LogP contribution in [-0.2, 0) is 16.1 Å². The van der Waals surface area contributed by atoms with Crippen LogP contribution in [0.4, 0.5) is 4.79 Å². The van der Waals surface area contributed by atoms with Gasteiger partial charge >= 0.3 is 6.09 Å². The Labute approximate surface area is 124 Å². The zero-order valence-electron chi connectivity index (χ0n) is 12.2. The number of piperazine rings is 1. The summed E-state index contributed by atoms with van der Waals surface area (Å²) in [5.74, 6) is -0.141. The molecule has 1 unspecified atom stereocenters. The minimum atomic E-state index is -0.470. The maximum absolute atomic E-state index is 11.9. The molecular weight excluding hydrogens is 270 g/mol. The lowest BCUT2D eigenvalue weighted by molar-refractivity contribution is -0.127. The van der Waals surface area contributed by atoms with Gasteiger partial charge < -0.3 is 10.1 Å². The van der Waals surface area contributed by atoms with E-state index < -0.39 is 12.1 Å². The number of benzene rings is 1. The number of amides is 2. The van der Waals surface area contributed by atoms with Crippen molar-refractivity contribution in [2.75, 3.05) is 13.1 Å². The average molecular weight is 289 g/mol. The highest BCUT2D eigenvalue weighted by Crippen LogP contribution is 2.08. The molecular formula is C15H19N3O3. The van der Waals surface area contributed by atoms with Crippen LogP contribution >= 0.6 is 0 Å². The molecule has 1 saturated heterocycles. The van der Waals surface area contributed by atoms with E-state index in [9.17, 15) is 9.59 Å². The van der Waals surface area contributed by atoms with E-state index in [-0.39, 0.29) is 12.5 Å². The summed E-state index contributed by atoms with van der Waals surface area (Å²) in [7, 11) is 0. The van der Waals surface area contributed by atoms with Gasteiger partial charge in [-0.2, -0.15) is 5.26 Å². The van der Waals surface area contributed by atoms with Crippen LogP contribution in [0, 0.1) is 11.3 Å². The van der Waals surface area contributed by atoms with Crippen molar-refractivity contribution in [3.05, 3.63) is 35.9 Å². The van der Waals surface area contributed by atoms with Gasteiger partial charge in [0.25, 0.3) is 0 Å². The summed E-state index contributed by atoms with van der Waals surface area (Å²) >= 11 is 0. The quantitative estimate of drug-likeness (QED) is 0.897. The molecule has 1 atom stereocenters. The number of hydrogen-bond donors (Lipinski definition) is 1. The zero-order valence-corrected chi connectivity index (χ0v) is 12.2. The first-order chi connectivity index (χ1) is 10.1. The zero-order chi connectivity index (χ0) is 15.7. The van der Waals surface area contributed by atoms with E-state index in [1.54, 1.807) is 13.0 Å². The summed E-state index contributed by atoms with van der Waals surface area (Å²) in [5.41, 5.74) is 0.931. The van der Waals surface area contributed by atoms with E-state index in [2.05, 4.69) is 5.32 Å². The molecule has 1 fully saturated rings. The Balaban J connectivity index is 0.000000677. The van der Waals surface area contributed by atoms with E-state index in [1.165, 1.54) is 11.8 Å². The SMILES string of the molecule is CC#N.CC1C(=O)NCCN1C(=O)OCc1ccccc1. The van der Waals surface area contributed by atoms with Crippen molar-refractivity contribution in [2.24, 2.45) is 0 Å². The maximum Gasteiger partial charge on any atom is 0.410 e. The third-order valence-electron chi connectivity index (χ3n) is 2.94. The first-order valence-corrected chi connectivity index (χ1v) is 6.66. The summed E-state index contributed by atoms with van der Waals surface area (Å²) in [6.07, 6.45) is -0.443. The number of nitriles is 1. The van der Waals surface area contributed by atoms with E-state index in [1.807, 2.05) is 30.3 Å². The van der Waals surface area contributed by atoms with Crippen molar-refractivity contribution in [1.29, 1.82) is 5.26 Å². The summed E-state index contributed by atoms with van der Waals surface area (Å²) in [4.78, 5) is 24.7. The standard InChI is InChI=1S/C13H16N2O3.C2H3N/c1-10-12(16)14-7-8-15(10)13(17)18-9-11-5-3-2-4-6-11;1-2-3/h2-6,10H,7-9H2,1H3,(H,14,16);1H3. The predicted molar refractivity (Wildman–Crippen MR) is 77.1 cm³/mol. The molecule has 2 rings (SSSR count). The van der Waals surface area contributed by atoms with Crippen LogP contribution in [0.2, 0.25) is 0 Å². The molecule has 112 valence electrons. The number of carbonyl (C=O) groups excluding carboxylic acids is 2. The minimum absolute atomic E-state index is 0.141. The van der Waals surface area contributed by atoms with Crippen LogP contribution in [-0.4, -0.2) is 36.0 Å². The van der Waals surface area contributed by atoms with Crippen LogP contribution in [0.3, 0.4) is 0 Å². The lowest BCUT2D eigenvalue weighted by Gasteiger charge is -2.31. The summed E-state index contributed by atoms with van der Waals surface area (Å²) < 4.78 is 5.19. The predicted octanol–water partition coefficient (Wildman–Crippen LogP) is 1.67. The van der Waals surface area contributed by atoms with Gasteiger partial charge in [0.15, 0.2) is 0 Å². The van der Waals surface area contributed by atoms with Crippen molar-refractivity contribution in [2.45, 2.75) is 26.5 Å². The molecule has 0 radical (unpaired) electrons. The molecule has 1 heterocycles. The highest BCUT2D eigenvalue weighted by molar-refractivity contribution is 5.86. The highest BCUT2D eigenvalue weighted by Gasteiger charge is 2.30. The number of carbonyl (C=O) groups is 2. The van der Waals surface area contributed by atoms with Crippen molar-refractivity contribution < 1.29 is 14.3 Å². The molecule has 1 N–H and O–H groups in total. The normalized spacial score (nSPS) is 16.9. The van der Waals surface area contributed by atoms with Crippen LogP contribution in [0.25, 0.3) is 0 Å². The Bertz CT molecular complexity index is 511. The van der Waals surface area contributed by atoms with Gasteiger partial charge in [-0.3, -0.25) is 9.69 Å². The lowest BCUT2D eigenvalue weighted by Crippen LogP contribution is -2.55. The molecule has 2 amide bonds. The molecule has 21 heavy (non-hydrogen) atoms. The first-order valence-electron chi connectivity index (χ1n) is 6.66. The number of ether oxygens (including phenoxy) is 1. The Morgan fingerprint density at radius 1 is 1.48 bits per heavy atom.